The average molecular weight is 378 g/mol. The zero-order valence-corrected chi connectivity index (χ0v) is 15.5. The fourth-order valence-corrected chi connectivity index (χ4v) is 2.86. The number of amides is 1. The summed E-state index contributed by atoms with van der Waals surface area (Å²) in [4.78, 5) is 19.9. The monoisotopic (exact) mass is 377 g/mol. The van der Waals surface area contributed by atoms with Crippen LogP contribution in [-0.2, 0) is 0 Å². The Hall–Kier alpha value is -2.24. The third-order valence-corrected chi connectivity index (χ3v) is 4.61. The molecule has 0 aliphatic heterocycles. The van der Waals surface area contributed by atoms with E-state index in [1.807, 2.05) is 19.9 Å². The highest BCUT2D eigenvalue weighted by Crippen LogP contribution is 2.28. The van der Waals surface area contributed by atoms with Crippen molar-refractivity contribution in [2.75, 3.05) is 0 Å². The van der Waals surface area contributed by atoms with Crippen molar-refractivity contribution in [1.82, 2.24) is 15.3 Å². The highest BCUT2D eigenvalue weighted by molar-refractivity contribution is 6.42. The first-order chi connectivity index (χ1) is 11.8. The first kappa shape index (κ1) is 17.6. The molecule has 0 aliphatic rings. The normalized spacial score (nSPS) is 12.2. The lowest BCUT2D eigenvalue weighted by Crippen LogP contribution is -2.27. The van der Waals surface area contributed by atoms with Gasteiger partial charge < -0.3 is 14.7 Å². The molecule has 2 aromatic heterocycles. The topological polar surface area (TPSA) is 70.9 Å². The standard InChI is InChI=1S/C18H17Cl2N3O2/c1-9-6-13(11(3)25-9)18(24)22-10(2)17-21-8-16(23-17)12-4-5-14(19)15(20)7-12/h4-8,10H,1-3H3,(H,21,23)(H,22,24). The number of halogens is 2. The van der Waals surface area contributed by atoms with E-state index in [2.05, 4.69) is 15.3 Å². The van der Waals surface area contributed by atoms with E-state index in [1.54, 1.807) is 31.3 Å². The zero-order valence-electron chi connectivity index (χ0n) is 14.0. The number of carbonyl (C=O) groups excluding carboxylic acids is 1. The largest absolute Gasteiger partial charge is 0.466 e. The fourth-order valence-electron chi connectivity index (χ4n) is 2.57. The summed E-state index contributed by atoms with van der Waals surface area (Å²) in [6, 6.07) is 6.78. The number of imidazole rings is 1. The van der Waals surface area contributed by atoms with E-state index in [9.17, 15) is 4.79 Å². The van der Waals surface area contributed by atoms with Gasteiger partial charge in [0.05, 0.1) is 33.5 Å². The number of aromatic amines is 1. The van der Waals surface area contributed by atoms with Crippen LogP contribution in [0.5, 0.6) is 0 Å². The third kappa shape index (κ3) is 3.72. The number of hydrogen-bond donors (Lipinski definition) is 2. The second kappa shape index (κ2) is 6.94. The summed E-state index contributed by atoms with van der Waals surface area (Å²) in [7, 11) is 0. The van der Waals surface area contributed by atoms with E-state index in [0.29, 0.717) is 33.0 Å². The molecule has 0 aliphatic carbocycles. The molecule has 5 nitrogen and oxygen atoms in total. The Bertz CT molecular complexity index is 930. The summed E-state index contributed by atoms with van der Waals surface area (Å²) in [5.41, 5.74) is 2.19. The van der Waals surface area contributed by atoms with Crippen molar-refractivity contribution in [3.8, 4) is 11.3 Å². The van der Waals surface area contributed by atoms with Gasteiger partial charge in [0.1, 0.15) is 17.3 Å². The van der Waals surface area contributed by atoms with Crippen LogP contribution >= 0.6 is 23.2 Å². The summed E-state index contributed by atoms with van der Waals surface area (Å²) < 4.78 is 5.40. The maximum absolute atomic E-state index is 12.4. The minimum absolute atomic E-state index is 0.200. The molecule has 0 saturated carbocycles. The SMILES string of the molecule is Cc1cc(C(=O)NC(C)c2ncc(-c3ccc(Cl)c(Cl)c3)[nH]2)c(C)o1. The Morgan fingerprint density at radius 1 is 1.24 bits per heavy atom. The molecule has 3 aromatic rings. The van der Waals surface area contributed by atoms with Crippen molar-refractivity contribution < 1.29 is 9.21 Å². The van der Waals surface area contributed by atoms with E-state index >= 15 is 0 Å². The van der Waals surface area contributed by atoms with E-state index in [-0.39, 0.29) is 11.9 Å². The molecule has 7 heteroatoms. The molecule has 0 radical (unpaired) electrons. The third-order valence-electron chi connectivity index (χ3n) is 3.87. The molecule has 0 saturated heterocycles. The molecule has 0 spiro atoms. The van der Waals surface area contributed by atoms with Crippen LogP contribution in [0.4, 0.5) is 0 Å². The van der Waals surface area contributed by atoms with Crippen LogP contribution in [0.1, 0.15) is 40.7 Å². The van der Waals surface area contributed by atoms with Gasteiger partial charge >= 0.3 is 0 Å². The van der Waals surface area contributed by atoms with Crippen molar-refractivity contribution in [3.63, 3.8) is 0 Å². The Morgan fingerprint density at radius 3 is 2.64 bits per heavy atom. The number of carbonyl (C=O) groups is 1. The molecular formula is C18H17Cl2N3O2. The van der Waals surface area contributed by atoms with E-state index in [0.717, 1.165) is 11.3 Å². The summed E-state index contributed by atoms with van der Waals surface area (Å²) in [5, 5.41) is 3.88. The smallest absolute Gasteiger partial charge is 0.255 e. The van der Waals surface area contributed by atoms with Crippen LogP contribution in [0.3, 0.4) is 0 Å². The molecule has 130 valence electrons. The van der Waals surface area contributed by atoms with Crippen LogP contribution in [0.15, 0.2) is 34.9 Å². The predicted molar refractivity (Wildman–Crippen MR) is 98.1 cm³/mol. The molecule has 1 atom stereocenters. The number of aryl methyl sites for hydroxylation is 2. The molecular weight excluding hydrogens is 361 g/mol. The highest BCUT2D eigenvalue weighted by Gasteiger charge is 2.18. The van der Waals surface area contributed by atoms with Crippen molar-refractivity contribution in [3.05, 3.63) is 63.4 Å². The maximum atomic E-state index is 12.4. The first-order valence-electron chi connectivity index (χ1n) is 7.73. The van der Waals surface area contributed by atoms with Gasteiger partial charge in [-0.25, -0.2) is 4.98 Å². The number of rotatable bonds is 4. The Labute approximate surface area is 155 Å². The lowest BCUT2D eigenvalue weighted by molar-refractivity contribution is 0.0937. The molecule has 0 fully saturated rings. The van der Waals surface area contributed by atoms with Crippen LogP contribution < -0.4 is 5.32 Å². The molecule has 1 aromatic carbocycles. The molecule has 1 amide bonds. The minimum atomic E-state index is -0.293. The van der Waals surface area contributed by atoms with Gasteiger partial charge in [-0.3, -0.25) is 4.79 Å². The Morgan fingerprint density at radius 2 is 2.00 bits per heavy atom. The maximum Gasteiger partial charge on any atom is 0.255 e. The number of H-pyrrole nitrogens is 1. The average Bonchev–Trinajstić information content (AvgIpc) is 3.16. The van der Waals surface area contributed by atoms with Crippen molar-refractivity contribution in [1.29, 1.82) is 0 Å². The molecule has 2 N–H and O–H groups in total. The van der Waals surface area contributed by atoms with Gasteiger partial charge in [0.25, 0.3) is 5.91 Å². The van der Waals surface area contributed by atoms with E-state index in [1.165, 1.54) is 0 Å². The van der Waals surface area contributed by atoms with Crippen LogP contribution in [0.25, 0.3) is 11.3 Å². The van der Waals surface area contributed by atoms with Gasteiger partial charge in [-0.05, 0) is 39.0 Å². The lowest BCUT2D eigenvalue weighted by Gasteiger charge is -2.11. The number of nitrogens with one attached hydrogen (secondary N) is 2. The molecule has 0 bridgehead atoms. The van der Waals surface area contributed by atoms with Crippen molar-refractivity contribution in [2.24, 2.45) is 0 Å². The summed E-state index contributed by atoms with van der Waals surface area (Å²) in [5.74, 6) is 1.75. The van der Waals surface area contributed by atoms with E-state index < -0.39 is 0 Å². The fraction of sp³-hybridized carbons (Fsp3) is 0.222. The first-order valence-corrected chi connectivity index (χ1v) is 8.49. The van der Waals surface area contributed by atoms with Gasteiger partial charge in [-0.2, -0.15) is 0 Å². The Balaban J connectivity index is 1.76. The number of hydrogen-bond acceptors (Lipinski definition) is 3. The van der Waals surface area contributed by atoms with Crippen LogP contribution in [0.2, 0.25) is 10.0 Å². The molecule has 25 heavy (non-hydrogen) atoms. The van der Waals surface area contributed by atoms with Gasteiger partial charge in [-0.15, -0.1) is 0 Å². The van der Waals surface area contributed by atoms with Crippen LogP contribution in [0, 0.1) is 13.8 Å². The second-order valence-electron chi connectivity index (χ2n) is 5.83. The van der Waals surface area contributed by atoms with Gasteiger partial charge in [0.15, 0.2) is 0 Å². The van der Waals surface area contributed by atoms with Gasteiger partial charge in [-0.1, -0.05) is 29.3 Å². The van der Waals surface area contributed by atoms with Crippen LogP contribution in [-0.4, -0.2) is 15.9 Å². The number of furan rings is 1. The number of nitrogens with zero attached hydrogens (tertiary/aromatic N) is 1. The highest BCUT2D eigenvalue weighted by atomic mass is 35.5. The number of benzene rings is 1. The lowest BCUT2D eigenvalue weighted by atomic mass is 10.2. The number of aromatic nitrogens is 2. The van der Waals surface area contributed by atoms with Crippen molar-refractivity contribution in [2.45, 2.75) is 26.8 Å². The Kier molecular flexibility index (Phi) is 4.88. The second-order valence-corrected chi connectivity index (χ2v) is 6.65. The summed E-state index contributed by atoms with van der Waals surface area (Å²) in [6.45, 7) is 5.43. The predicted octanol–water partition coefficient (Wildman–Crippen LogP) is 5.08. The molecule has 2 heterocycles. The zero-order chi connectivity index (χ0) is 18.1. The summed E-state index contributed by atoms with van der Waals surface area (Å²) in [6.07, 6.45) is 1.70. The summed E-state index contributed by atoms with van der Waals surface area (Å²) >= 11 is 12.0. The van der Waals surface area contributed by atoms with Crippen molar-refractivity contribution >= 4 is 29.1 Å². The van der Waals surface area contributed by atoms with Gasteiger partial charge in [0, 0.05) is 5.56 Å². The molecule has 3 rings (SSSR count). The minimum Gasteiger partial charge on any atom is -0.466 e. The quantitative estimate of drug-likeness (QED) is 0.665. The van der Waals surface area contributed by atoms with E-state index in [4.69, 9.17) is 27.6 Å². The van der Waals surface area contributed by atoms with Gasteiger partial charge in [0.2, 0.25) is 0 Å². The molecule has 1 unspecified atom stereocenters.